The molecule has 1 aliphatic heterocycles. The number of rotatable bonds is 6. The van der Waals surface area contributed by atoms with Crippen molar-refractivity contribution < 1.29 is 14.4 Å². The van der Waals surface area contributed by atoms with Crippen LogP contribution in [0.5, 0.6) is 0 Å². The maximum atomic E-state index is 13.5. The molecule has 150 valence electrons. The highest BCUT2D eigenvalue weighted by atomic mass is 19.1. The number of fused-ring (bicyclic) bond motifs is 1. The number of benzene rings is 2. The lowest BCUT2D eigenvalue weighted by Crippen LogP contribution is -2.30. The molecule has 4 rings (SSSR count). The standard InChI is InChI=1S/C23H24FN3O2/c24-21(23(28)26-29)12-16-7-9-17(10-8-16)15-27-11-3-4-19(27)13-18-14-25-22-6-2-1-5-20(18)22/h1-2,5-10,12,14,19,25,29H,3-4,11,13,15H2,(H,26,28). The molecule has 0 radical (unpaired) electrons. The number of hydrogen-bond acceptors (Lipinski definition) is 3. The molecule has 6 heteroatoms. The van der Waals surface area contributed by atoms with Crippen LogP contribution in [-0.4, -0.2) is 33.6 Å². The zero-order chi connectivity index (χ0) is 20.2. The molecule has 1 atom stereocenters. The fourth-order valence-electron chi connectivity index (χ4n) is 4.11. The summed E-state index contributed by atoms with van der Waals surface area (Å²) in [7, 11) is 0. The number of carbonyl (C=O) groups is 1. The first-order valence-electron chi connectivity index (χ1n) is 9.83. The van der Waals surface area contributed by atoms with Gasteiger partial charge >= 0.3 is 5.91 Å². The number of aromatic amines is 1. The van der Waals surface area contributed by atoms with E-state index < -0.39 is 11.7 Å². The Kier molecular flexibility index (Phi) is 5.74. The monoisotopic (exact) mass is 393 g/mol. The SMILES string of the molecule is O=C(NO)C(F)=Cc1ccc(CN2CCCC2Cc2c[nH]c3ccccc23)cc1. The molecule has 5 nitrogen and oxygen atoms in total. The minimum absolute atomic E-state index is 0.500. The highest BCUT2D eigenvalue weighted by Crippen LogP contribution is 2.27. The van der Waals surface area contributed by atoms with E-state index in [1.807, 2.05) is 18.2 Å². The van der Waals surface area contributed by atoms with Crippen molar-refractivity contribution in [2.45, 2.75) is 31.8 Å². The first-order valence-corrected chi connectivity index (χ1v) is 9.83. The molecule has 1 unspecified atom stereocenters. The normalized spacial score (nSPS) is 17.7. The van der Waals surface area contributed by atoms with Crippen molar-refractivity contribution in [1.29, 1.82) is 0 Å². The third-order valence-electron chi connectivity index (χ3n) is 5.61. The molecule has 3 aromatic rings. The summed E-state index contributed by atoms with van der Waals surface area (Å²) in [6, 6.07) is 16.4. The van der Waals surface area contributed by atoms with Gasteiger partial charge in [-0.05, 0) is 54.6 Å². The van der Waals surface area contributed by atoms with Gasteiger partial charge in [0.05, 0.1) is 0 Å². The van der Waals surface area contributed by atoms with Crippen LogP contribution in [0.2, 0.25) is 0 Å². The summed E-state index contributed by atoms with van der Waals surface area (Å²) in [4.78, 5) is 16.9. The van der Waals surface area contributed by atoms with Crippen LogP contribution in [0.4, 0.5) is 4.39 Å². The largest absolute Gasteiger partial charge is 0.361 e. The smallest absolute Gasteiger partial charge is 0.303 e. The number of amides is 1. The highest BCUT2D eigenvalue weighted by Gasteiger charge is 2.25. The number of nitrogens with zero attached hydrogens (tertiary/aromatic N) is 1. The van der Waals surface area contributed by atoms with Crippen LogP contribution in [0.15, 0.2) is 60.6 Å². The van der Waals surface area contributed by atoms with E-state index in [1.165, 1.54) is 34.8 Å². The number of halogens is 1. The highest BCUT2D eigenvalue weighted by molar-refractivity contribution is 5.94. The second kappa shape index (κ2) is 8.59. The summed E-state index contributed by atoms with van der Waals surface area (Å²) in [5, 5.41) is 9.77. The average Bonchev–Trinajstić information content (AvgIpc) is 3.36. The van der Waals surface area contributed by atoms with Gasteiger partial charge in [0.15, 0.2) is 5.83 Å². The Bertz CT molecular complexity index is 1030. The molecule has 0 bridgehead atoms. The van der Waals surface area contributed by atoms with Gasteiger partial charge in [-0.2, -0.15) is 0 Å². The van der Waals surface area contributed by atoms with Gasteiger partial charge in [0.1, 0.15) is 0 Å². The molecule has 1 saturated heterocycles. The first-order chi connectivity index (χ1) is 14.1. The predicted molar refractivity (Wildman–Crippen MR) is 111 cm³/mol. The molecule has 0 aliphatic carbocycles. The van der Waals surface area contributed by atoms with E-state index in [0.29, 0.717) is 11.6 Å². The van der Waals surface area contributed by atoms with E-state index in [4.69, 9.17) is 5.21 Å². The maximum Gasteiger partial charge on any atom is 0.303 e. The second-order valence-electron chi connectivity index (χ2n) is 7.50. The van der Waals surface area contributed by atoms with Crippen LogP contribution in [0, 0.1) is 0 Å². The molecule has 1 amide bonds. The summed E-state index contributed by atoms with van der Waals surface area (Å²) >= 11 is 0. The van der Waals surface area contributed by atoms with Crippen molar-refractivity contribution in [2.75, 3.05) is 6.54 Å². The van der Waals surface area contributed by atoms with Crippen molar-refractivity contribution in [1.82, 2.24) is 15.4 Å². The van der Waals surface area contributed by atoms with Crippen molar-refractivity contribution in [3.05, 3.63) is 77.2 Å². The molecule has 29 heavy (non-hydrogen) atoms. The first kappa shape index (κ1) is 19.4. The van der Waals surface area contributed by atoms with E-state index in [-0.39, 0.29) is 0 Å². The van der Waals surface area contributed by atoms with Gasteiger partial charge in [0.25, 0.3) is 0 Å². The Morgan fingerprint density at radius 2 is 2.03 bits per heavy atom. The van der Waals surface area contributed by atoms with Gasteiger partial charge in [0.2, 0.25) is 0 Å². The van der Waals surface area contributed by atoms with Gasteiger partial charge in [-0.25, -0.2) is 9.87 Å². The maximum absolute atomic E-state index is 13.5. The number of nitrogens with one attached hydrogen (secondary N) is 2. The number of likely N-dealkylation sites (tertiary alicyclic amines) is 1. The number of hydrogen-bond donors (Lipinski definition) is 3. The zero-order valence-electron chi connectivity index (χ0n) is 16.1. The number of para-hydroxylation sites is 1. The Balaban J connectivity index is 1.43. The lowest BCUT2D eigenvalue weighted by Gasteiger charge is -2.24. The average molecular weight is 393 g/mol. The van der Waals surface area contributed by atoms with Crippen LogP contribution in [-0.2, 0) is 17.8 Å². The Morgan fingerprint density at radius 3 is 2.83 bits per heavy atom. The Morgan fingerprint density at radius 1 is 1.24 bits per heavy atom. The number of hydroxylamine groups is 1. The van der Waals surface area contributed by atoms with E-state index in [9.17, 15) is 9.18 Å². The fourth-order valence-corrected chi connectivity index (χ4v) is 4.11. The van der Waals surface area contributed by atoms with Gasteiger partial charge in [0, 0.05) is 29.7 Å². The Labute approximate surface area is 168 Å². The molecule has 2 aromatic carbocycles. The number of aromatic nitrogens is 1. The van der Waals surface area contributed by atoms with Crippen LogP contribution in [0.25, 0.3) is 17.0 Å². The predicted octanol–water partition coefficient (Wildman–Crippen LogP) is 4.19. The van der Waals surface area contributed by atoms with E-state index in [0.717, 1.165) is 31.1 Å². The molecule has 0 saturated carbocycles. The molecule has 3 N–H and O–H groups in total. The van der Waals surface area contributed by atoms with Gasteiger partial charge in [-0.15, -0.1) is 0 Å². The van der Waals surface area contributed by atoms with Crippen molar-refractivity contribution >= 4 is 22.9 Å². The minimum Gasteiger partial charge on any atom is -0.361 e. The van der Waals surface area contributed by atoms with Gasteiger partial charge in [-0.1, -0.05) is 42.5 Å². The fraction of sp³-hybridized carbons (Fsp3) is 0.261. The lowest BCUT2D eigenvalue weighted by molar-refractivity contribution is -0.126. The van der Waals surface area contributed by atoms with E-state index in [1.54, 1.807) is 12.1 Å². The summed E-state index contributed by atoms with van der Waals surface area (Å²) in [5.41, 5.74) is 5.55. The molecule has 1 aromatic heterocycles. The molecular weight excluding hydrogens is 369 g/mol. The second-order valence-corrected chi connectivity index (χ2v) is 7.50. The molecule has 1 fully saturated rings. The van der Waals surface area contributed by atoms with E-state index >= 15 is 0 Å². The third-order valence-corrected chi connectivity index (χ3v) is 5.61. The Hall–Kier alpha value is -2.96. The van der Waals surface area contributed by atoms with Crippen LogP contribution in [0.3, 0.4) is 0 Å². The molecule has 1 aliphatic rings. The lowest BCUT2D eigenvalue weighted by atomic mass is 10.0. The quantitative estimate of drug-likeness (QED) is 0.334. The van der Waals surface area contributed by atoms with Crippen molar-refractivity contribution in [3.63, 3.8) is 0 Å². The van der Waals surface area contributed by atoms with Crippen molar-refractivity contribution in [3.8, 4) is 0 Å². The molecule has 0 spiro atoms. The topological polar surface area (TPSA) is 68.4 Å². The van der Waals surface area contributed by atoms with Crippen LogP contribution in [0.1, 0.15) is 29.5 Å². The number of carbonyl (C=O) groups excluding carboxylic acids is 1. The summed E-state index contributed by atoms with van der Waals surface area (Å²) < 4.78 is 13.5. The summed E-state index contributed by atoms with van der Waals surface area (Å²) in [6.45, 7) is 1.91. The van der Waals surface area contributed by atoms with E-state index in [2.05, 4.69) is 34.3 Å². The minimum atomic E-state index is -1.15. The summed E-state index contributed by atoms with van der Waals surface area (Å²) in [5.74, 6) is -2.18. The van der Waals surface area contributed by atoms with Crippen molar-refractivity contribution in [2.24, 2.45) is 0 Å². The molecule has 2 heterocycles. The number of H-pyrrole nitrogens is 1. The third kappa shape index (κ3) is 4.39. The zero-order valence-corrected chi connectivity index (χ0v) is 16.1. The molecular formula is C23H24FN3O2. The van der Waals surface area contributed by atoms with Gasteiger partial charge < -0.3 is 4.98 Å². The van der Waals surface area contributed by atoms with Crippen LogP contribution < -0.4 is 5.48 Å². The van der Waals surface area contributed by atoms with Crippen LogP contribution >= 0.6 is 0 Å². The van der Waals surface area contributed by atoms with Gasteiger partial charge in [-0.3, -0.25) is 14.9 Å². The summed E-state index contributed by atoms with van der Waals surface area (Å²) in [6.07, 6.45) is 6.62.